The van der Waals surface area contributed by atoms with E-state index >= 15 is 0 Å². The van der Waals surface area contributed by atoms with Crippen molar-refractivity contribution in [2.45, 2.75) is 0 Å². The van der Waals surface area contributed by atoms with Gasteiger partial charge in [0.25, 0.3) is 0 Å². The fourth-order valence-corrected chi connectivity index (χ4v) is 6.26. The Bertz CT molecular complexity index is 2860. The molecule has 0 aliphatic carbocycles. The van der Waals surface area contributed by atoms with E-state index in [1.54, 1.807) is 4.57 Å². The van der Waals surface area contributed by atoms with Gasteiger partial charge in [-0.05, 0) is 58.6 Å². The van der Waals surface area contributed by atoms with Gasteiger partial charge in [0.2, 0.25) is 0 Å². The number of benzene rings is 7. The third kappa shape index (κ3) is 5.35. The molecule has 0 saturated heterocycles. The van der Waals surface area contributed by atoms with Crippen LogP contribution in [-0.4, -0.2) is 19.5 Å². The highest BCUT2D eigenvalue weighted by molar-refractivity contribution is 6.09. The number of hydrogen-bond acceptors (Lipinski definition) is 3. The van der Waals surface area contributed by atoms with Crippen molar-refractivity contribution in [2.75, 3.05) is 0 Å². The standard InChI is InChI=1S/C45H30N4/c1-4-15-31(16-5-1)34-21-14-22-35(27-34)44-46-43(33-19-8-3-9-20-33)47-45(48-44)37-28-36(32-17-6-2-7-18-32)29-38(30-37)49-41-25-12-10-23-39(41)40-24-11-13-26-42(40)49/h1-30H/i10D,11D,23D,24D,25D,26D. The summed E-state index contributed by atoms with van der Waals surface area (Å²) in [6, 6.07) is 45.5. The third-order valence-electron chi connectivity index (χ3n) is 8.56. The zero-order chi connectivity index (χ0) is 37.8. The molecule has 2 aromatic heterocycles. The molecule has 2 heterocycles. The lowest BCUT2D eigenvalue weighted by Crippen LogP contribution is -2.02. The second-order valence-electron chi connectivity index (χ2n) is 11.7. The summed E-state index contributed by atoms with van der Waals surface area (Å²) in [7, 11) is 0. The molecule has 0 fully saturated rings. The maximum absolute atomic E-state index is 9.05. The second-order valence-corrected chi connectivity index (χ2v) is 11.7. The Morgan fingerprint density at radius 2 is 0.816 bits per heavy atom. The Kier molecular flexibility index (Phi) is 5.67. The third-order valence-corrected chi connectivity index (χ3v) is 8.56. The van der Waals surface area contributed by atoms with Gasteiger partial charge >= 0.3 is 0 Å². The molecule has 0 unspecified atom stereocenters. The summed E-state index contributed by atoms with van der Waals surface area (Å²) in [4.78, 5) is 15.1. The largest absolute Gasteiger partial charge is 0.309 e. The van der Waals surface area contributed by atoms with Crippen LogP contribution in [-0.2, 0) is 0 Å². The summed E-state index contributed by atoms with van der Waals surface area (Å²) in [5, 5.41) is 0.387. The van der Waals surface area contributed by atoms with Crippen molar-refractivity contribution in [3.8, 4) is 62.1 Å². The van der Waals surface area contributed by atoms with Crippen molar-refractivity contribution in [3.63, 3.8) is 0 Å². The molecule has 0 spiro atoms. The molecule has 0 N–H and O–H groups in total. The zero-order valence-corrected chi connectivity index (χ0v) is 26.1. The topological polar surface area (TPSA) is 43.6 Å². The molecule has 0 amide bonds. The zero-order valence-electron chi connectivity index (χ0n) is 32.1. The van der Waals surface area contributed by atoms with Gasteiger partial charge in [0.05, 0.1) is 19.3 Å². The second kappa shape index (κ2) is 12.2. The molecule has 0 saturated carbocycles. The summed E-state index contributed by atoms with van der Waals surface area (Å²) in [5.74, 6) is 1.37. The molecule has 0 radical (unpaired) electrons. The number of rotatable bonds is 6. The summed E-state index contributed by atoms with van der Waals surface area (Å²) in [6.45, 7) is 0. The molecule has 0 atom stereocenters. The molecular formula is C45H30N4. The Morgan fingerprint density at radius 3 is 1.43 bits per heavy atom. The van der Waals surface area contributed by atoms with Crippen LogP contribution in [0.4, 0.5) is 0 Å². The Morgan fingerprint density at radius 1 is 0.367 bits per heavy atom. The van der Waals surface area contributed by atoms with E-state index < -0.39 is 0 Å². The van der Waals surface area contributed by atoms with Crippen LogP contribution in [0.3, 0.4) is 0 Å². The highest BCUT2D eigenvalue weighted by Gasteiger charge is 2.17. The van der Waals surface area contributed by atoms with Crippen LogP contribution in [0.25, 0.3) is 83.9 Å². The minimum Gasteiger partial charge on any atom is -0.309 e. The van der Waals surface area contributed by atoms with Gasteiger partial charge in [-0.3, -0.25) is 0 Å². The highest BCUT2D eigenvalue weighted by atomic mass is 15.0. The fourth-order valence-electron chi connectivity index (χ4n) is 6.26. The monoisotopic (exact) mass is 632 g/mol. The van der Waals surface area contributed by atoms with Crippen molar-refractivity contribution in [3.05, 3.63) is 182 Å². The van der Waals surface area contributed by atoms with Gasteiger partial charge in [-0.15, -0.1) is 0 Å². The van der Waals surface area contributed by atoms with Gasteiger partial charge in [-0.25, -0.2) is 15.0 Å². The van der Waals surface area contributed by atoms with Crippen LogP contribution in [0.1, 0.15) is 8.22 Å². The van der Waals surface area contributed by atoms with Gasteiger partial charge in [0, 0.05) is 33.2 Å². The summed E-state index contributed by atoms with van der Waals surface area (Å²) in [6.07, 6.45) is 0. The van der Waals surface area contributed by atoms with Crippen molar-refractivity contribution < 1.29 is 8.22 Å². The number of aromatic nitrogens is 4. The van der Waals surface area contributed by atoms with E-state index in [1.165, 1.54) is 12.1 Å². The highest BCUT2D eigenvalue weighted by Crippen LogP contribution is 2.36. The molecule has 0 bridgehead atoms. The van der Waals surface area contributed by atoms with E-state index in [1.807, 2.05) is 109 Å². The quantitative estimate of drug-likeness (QED) is 0.183. The van der Waals surface area contributed by atoms with Crippen LogP contribution in [0.15, 0.2) is 182 Å². The molecular weight excluding hydrogens is 597 g/mol. The van der Waals surface area contributed by atoms with Crippen LogP contribution in [0.2, 0.25) is 0 Å². The number of hydrogen-bond donors (Lipinski definition) is 0. The van der Waals surface area contributed by atoms with Crippen LogP contribution >= 0.6 is 0 Å². The van der Waals surface area contributed by atoms with Crippen molar-refractivity contribution >= 4 is 21.8 Å². The van der Waals surface area contributed by atoms with Crippen molar-refractivity contribution in [1.82, 2.24) is 19.5 Å². The summed E-state index contributed by atoms with van der Waals surface area (Å²) < 4.78 is 54.5. The SMILES string of the molecule is [2H]c1cc([2H])c2c(c1[2H])c1c([2H])c([2H])cc([2H])c1n2-c1cc(-c2ccccc2)cc(-c2nc(-c3ccccc3)nc(-c3cccc(-c4ccccc4)c3)n2)c1. The molecule has 9 aromatic rings. The molecule has 7 aromatic carbocycles. The van der Waals surface area contributed by atoms with Crippen molar-refractivity contribution in [1.29, 1.82) is 0 Å². The van der Waals surface area contributed by atoms with Crippen LogP contribution < -0.4 is 0 Å². The minimum absolute atomic E-state index is 0.0312. The number of para-hydroxylation sites is 2. The van der Waals surface area contributed by atoms with Gasteiger partial charge in [0.1, 0.15) is 0 Å². The molecule has 49 heavy (non-hydrogen) atoms. The molecule has 230 valence electrons. The lowest BCUT2D eigenvalue weighted by molar-refractivity contribution is 1.07. The predicted molar refractivity (Wildman–Crippen MR) is 201 cm³/mol. The van der Waals surface area contributed by atoms with E-state index in [2.05, 4.69) is 24.3 Å². The lowest BCUT2D eigenvalue weighted by atomic mass is 10.0. The maximum Gasteiger partial charge on any atom is 0.164 e. The van der Waals surface area contributed by atoms with E-state index in [0.717, 1.165) is 33.4 Å². The first-order valence-corrected chi connectivity index (χ1v) is 16.0. The van der Waals surface area contributed by atoms with E-state index in [9.17, 15) is 0 Å². The molecule has 4 nitrogen and oxygen atoms in total. The first-order chi connectivity index (χ1) is 26.7. The normalized spacial score (nSPS) is 13.0. The van der Waals surface area contributed by atoms with Crippen LogP contribution in [0.5, 0.6) is 0 Å². The van der Waals surface area contributed by atoms with Crippen LogP contribution in [0, 0.1) is 0 Å². The molecule has 4 heteroatoms. The lowest BCUT2D eigenvalue weighted by Gasteiger charge is -2.14. The van der Waals surface area contributed by atoms with E-state index in [-0.39, 0.29) is 58.1 Å². The Labute approximate surface area is 293 Å². The Balaban J connectivity index is 1.35. The predicted octanol–water partition coefficient (Wildman–Crippen LogP) is 11.3. The average Bonchev–Trinajstić information content (AvgIpc) is 3.61. The van der Waals surface area contributed by atoms with Gasteiger partial charge in [-0.1, -0.05) is 145 Å². The van der Waals surface area contributed by atoms with Gasteiger partial charge < -0.3 is 4.57 Å². The van der Waals surface area contributed by atoms with Gasteiger partial charge in [0.15, 0.2) is 17.5 Å². The Hall–Kier alpha value is -6.65. The number of fused-ring (bicyclic) bond motifs is 3. The van der Waals surface area contributed by atoms with Crippen molar-refractivity contribution in [2.24, 2.45) is 0 Å². The molecule has 0 aliphatic rings. The molecule has 9 rings (SSSR count). The smallest absolute Gasteiger partial charge is 0.164 e. The number of nitrogens with zero attached hydrogens (tertiary/aromatic N) is 4. The first-order valence-electron chi connectivity index (χ1n) is 19.0. The molecule has 0 aliphatic heterocycles. The summed E-state index contributed by atoms with van der Waals surface area (Å²) >= 11 is 0. The maximum atomic E-state index is 9.05. The van der Waals surface area contributed by atoms with E-state index in [4.69, 9.17) is 23.2 Å². The van der Waals surface area contributed by atoms with E-state index in [0.29, 0.717) is 28.7 Å². The first kappa shape index (κ1) is 22.8. The summed E-state index contributed by atoms with van der Waals surface area (Å²) in [5.41, 5.74) is 7.16. The fraction of sp³-hybridized carbons (Fsp3) is 0. The average molecular weight is 633 g/mol. The minimum atomic E-state index is -0.168. The van der Waals surface area contributed by atoms with Gasteiger partial charge in [-0.2, -0.15) is 0 Å².